The van der Waals surface area contributed by atoms with E-state index in [2.05, 4.69) is 15.9 Å². The molecule has 0 fully saturated rings. The number of hydrogen-bond acceptors (Lipinski definition) is 2. The number of aryl methyl sites for hydroxylation is 2. The number of ether oxygens (including phenoxy) is 1. The Hall–Kier alpha value is -1.87. The van der Waals surface area contributed by atoms with Gasteiger partial charge in [-0.05, 0) is 48.7 Å². The maximum Gasteiger partial charge on any atom is 0.232 e. The van der Waals surface area contributed by atoms with Crippen molar-refractivity contribution in [2.45, 2.75) is 13.8 Å². The summed E-state index contributed by atoms with van der Waals surface area (Å²) in [5, 5.41) is 0. The molecule has 3 rings (SSSR count). The molecule has 0 spiro atoms. The van der Waals surface area contributed by atoms with Crippen molar-refractivity contribution >= 4 is 27.8 Å². The van der Waals surface area contributed by atoms with Gasteiger partial charge in [0.05, 0.1) is 5.56 Å². The average Bonchev–Trinajstić information content (AvgIpc) is 2.76. The number of fused-ring (bicyclic) bond motifs is 1. The zero-order chi connectivity index (χ0) is 14.3. The van der Waals surface area contributed by atoms with Crippen LogP contribution in [0.3, 0.4) is 0 Å². The number of ketones is 1. The number of hydrogen-bond donors (Lipinski definition) is 0. The molecule has 2 aromatic rings. The second-order valence-corrected chi connectivity index (χ2v) is 5.81. The fraction of sp³-hybridized carbons (Fsp3) is 0.118. The Labute approximate surface area is 126 Å². The molecule has 1 aliphatic rings. The van der Waals surface area contributed by atoms with E-state index in [0.29, 0.717) is 17.1 Å². The minimum atomic E-state index is -0.0379. The first-order chi connectivity index (χ1) is 9.56. The van der Waals surface area contributed by atoms with Crippen molar-refractivity contribution in [3.8, 4) is 5.75 Å². The maximum absolute atomic E-state index is 12.4. The molecular weight excluding hydrogens is 316 g/mol. The topological polar surface area (TPSA) is 26.3 Å². The summed E-state index contributed by atoms with van der Waals surface area (Å²) >= 11 is 3.39. The van der Waals surface area contributed by atoms with E-state index >= 15 is 0 Å². The highest BCUT2D eigenvalue weighted by molar-refractivity contribution is 9.10. The second kappa shape index (κ2) is 4.91. The van der Waals surface area contributed by atoms with Crippen molar-refractivity contribution in [2.24, 2.45) is 0 Å². The highest BCUT2D eigenvalue weighted by Gasteiger charge is 2.30. The van der Waals surface area contributed by atoms with Crippen molar-refractivity contribution < 1.29 is 9.53 Å². The van der Waals surface area contributed by atoms with Crippen LogP contribution in [-0.4, -0.2) is 5.78 Å². The Bertz CT molecular complexity index is 727. The van der Waals surface area contributed by atoms with Crippen LogP contribution in [0.25, 0.3) is 6.08 Å². The normalized spacial score (nSPS) is 15.3. The Morgan fingerprint density at radius 1 is 1.00 bits per heavy atom. The summed E-state index contributed by atoms with van der Waals surface area (Å²) in [5.74, 6) is 1.04. The monoisotopic (exact) mass is 328 g/mol. The Morgan fingerprint density at radius 3 is 2.30 bits per heavy atom. The van der Waals surface area contributed by atoms with Gasteiger partial charge in [-0.25, -0.2) is 0 Å². The summed E-state index contributed by atoms with van der Waals surface area (Å²) in [5.41, 5.74) is 3.57. The number of carbonyl (C=O) groups excluding carboxylic acids is 1. The van der Waals surface area contributed by atoms with E-state index in [0.717, 1.165) is 21.2 Å². The van der Waals surface area contributed by atoms with Crippen molar-refractivity contribution in [1.29, 1.82) is 0 Å². The smallest absolute Gasteiger partial charge is 0.232 e. The molecule has 100 valence electrons. The Morgan fingerprint density at radius 2 is 1.65 bits per heavy atom. The SMILES string of the molecule is Cc1ccc(C)c2c1O/C(=C/c1ccc(Br)cc1)C2=O. The third kappa shape index (κ3) is 2.18. The zero-order valence-electron chi connectivity index (χ0n) is 11.2. The molecule has 0 aliphatic carbocycles. The molecule has 0 saturated heterocycles. The van der Waals surface area contributed by atoms with Gasteiger partial charge in [0, 0.05) is 4.47 Å². The van der Waals surface area contributed by atoms with Crippen LogP contribution in [-0.2, 0) is 0 Å². The molecule has 1 heterocycles. The van der Waals surface area contributed by atoms with Crippen LogP contribution in [0.4, 0.5) is 0 Å². The van der Waals surface area contributed by atoms with Crippen LogP contribution >= 0.6 is 15.9 Å². The standard InChI is InChI=1S/C17H13BrO2/c1-10-3-4-11(2)17-15(10)16(19)14(20-17)9-12-5-7-13(18)8-6-12/h3-9H,1-2H3/b14-9+. The quantitative estimate of drug-likeness (QED) is 0.710. The number of benzene rings is 2. The molecule has 1 aliphatic heterocycles. The molecule has 0 amide bonds. The first kappa shape index (κ1) is 13.1. The molecule has 0 radical (unpaired) electrons. The van der Waals surface area contributed by atoms with Gasteiger partial charge in [0.15, 0.2) is 5.76 Å². The zero-order valence-corrected chi connectivity index (χ0v) is 12.8. The van der Waals surface area contributed by atoms with Gasteiger partial charge in [-0.1, -0.05) is 40.2 Å². The first-order valence-electron chi connectivity index (χ1n) is 6.36. The molecule has 0 bridgehead atoms. The van der Waals surface area contributed by atoms with Crippen LogP contribution in [0.15, 0.2) is 46.6 Å². The third-order valence-corrected chi connectivity index (χ3v) is 3.92. The Kier molecular flexibility index (Phi) is 3.22. The van der Waals surface area contributed by atoms with E-state index in [1.165, 1.54) is 0 Å². The van der Waals surface area contributed by atoms with E-state index in [4.69, 9.17) is 4.74 Å². The summed E-state index contributed by atoms with van der Waals surface area (Å²) in [6, 6.07) is 11.7. The molecular formula is C17H13BrO2. The predicted octanol–water partition coefficient (Wildman–Crippen LogP) is 4.68. The third-order valence-electron chi connectivity index (χ3n) is 3.39. The predicted molar refractivity (Wildman–Crippen MR) is 83.0 cm³/mol. The van der Waals surface area contributed by atoms with E-state index in [1.807, 2.05) is 50.2 Å². The fourth-order valence-electron chi connectivity index (χ4n) is 2.28. The molecule has 0 saturated carbocycles. The lowest BCUT2D eigenvalue weighted by molar-refractivity contribution is 0.101. The van der Waals surface area contributed by atoms with Crippen molar-refractivity contribution in [2.75, 3.05) is 0 Å². The van der Waals surface area contributed by atoms with Crippen molar-refractivity contribution in [1.82, 2.24) is 0 Å². The number of rotatable bonds is 1. The largest absolute Gasteiger partial charge is 0.452 e. The second-order valence-electron chi connectivity index (χ2n) is 4.89. The highest BCUT2D eigenvalue weighted by Crippen LogP contribution is 2.36. The van der Waals surface area contributed by atoms with Crippen LogP contribution in [0.1, 0.15) is 27.0 Å². The van der Waals surface area contributed by atoms with Crippen molar-refractivity contribution in [3.63, 3.8) is 0 Å². The van der Waals surface area contributed by atoms with Crippen LogP contribution in [0.5, 0.6) is 5.75 Å². The van der Waals surface area contributed by atoms with Gasteiger partial charge in [-0.15, -0.1) is 0 Å². The minimum absolute atomic E-state index is 0.0379. The summed E-state index contributed by atoms with van der Waals surface area (Å²) in [4.78, 5) is 12.4. The van der Waals surface area contributed by atoms with Gasteiger partial charge in [0.2, 0.25) is 5.78 Å². The summed E-state index contributed by atoms with van der Waals surface area (Å²) in [6.45, 7) is 3.89. The van der Waals surface area contributed by atoms with Gasteiger partial charge < -0.3 is 4.74 Å². The summed E-state index contributed by atoms with van der Waals surface area (Å²) in [6.07, 6.45) is 1.79. The molecule has 0 unspecified atom stereocenters. The van der Waals surface area contributed by atoms with E-state index in [1.54, 1.807) is 6.08 Å². The van der Waals surface area contributed by atoms with E-state index < -0.39 is 0 Å². The highest BCUT2D eigenvalue weighted by atomic mass is 79.9. The Balaban J connectivity index is 2.04. The number of carbonyl (C=O) groups is 1. The first-order valence-corrected chi connectivity index (χ1v) is 7.15. The number of Topliss-reactive ketones (excluding diaryl/α,β-unsaturated/α-hetero) is 1. The minimum Gasteiger partial charge on any atom is -0.452 e. The molecule has 3 heteroatoms. The van der Waals surface area contributed by atoms with Crippen LogP contribution < -0.4 is 4.74 Å². The van der Waals surface area contributed by atoms with Gasteiger partial charge in [0.1, 0.15) is 5.75 Å². The van der Waals surface area contributed by atoms with Crippen molar-refractivity contribution in [3.05, 3.63) is 68.9 Å². The average molecular weight is 329 g/mol. The van der Waals surface area contributed by atoms with E-state index in [-0.39, 0.29) is 5.78 Å². The number of halogens is 1. The molecule has 20 heavy (non-hydrogen) atoms. The molecule has 0 aromatic heterocycles. The van der Waals surface area contributed by atoms with Crippen LogP contribution in [0.2, 0.25) is 0 Å². The molecule has 2 aromatic carbocycles. The van der Waals surface area contributed by atoms with Gasteiger partial charge in [-0.2, -0.15) is 0 Å². The lowest BCUT2D eigenvalue weighted by Gasteiger charge is -2.03. The fourth-order valence-corrected chi connectivity index (χ4v) is 2.55. The lowest BCUT2D eigenvalue weighted by Crippen LogP contribution is -1.99. The molecule has 0 atom stereocenters. The molecule has 2 nitrogen and oxygen atoms in total. The molecule has 0 N–H and O–H groups in total. The lowest BCUT2D eigenvalue weighted by atomic mass is 10.0. The number of allylic oxidation sites excluding steroid dienone is 1. The van der Waals surface area contributed by atoms with Crippen LogP contribution in [0, 0.1) is 13.8 Å². The van der Waals surface area contributed by atoms with Gasteiger partial charge in [0.25, 0.3) is 0 Å². The summed E-state index contributed by atoms with van der Waals surface area (Å²) in [7, 11) is 0. The van der Waals surface area contributed by atoms with Gasteiger partial charge >= 0.3 is 0 Å². The van der Waals surface area contributed by atoms with E-state index in [9.17, 15) is 4.79 Å². The summed E-state index contributed by atoms with van der Waals surface area (Å²) < 4.78 is 6.77. The maximum atomic E-state index is 12.4. The van der Waals surface area contributed by atoms with Gasteiger partial charge in [-0.3, -0.25) is 4.79 Å².